The topological polar surface area (TPSA) is 115 Å². The SMILES string of the molecule is COC[C@H](C)Nc1ncc2c(-c3cnn(Cc4cncc(C)n4)c3)cc(C3CCC(O)CC3)n2n1. The molecule has 10 heteroatoms. The van der Waals surface area contributed by atoms with Crippen LogP contribution in [0.3, 0.4) is 0 Å². The van der Waals surface area contributed by atoms with Gasteiger partial charge in [-0.1, -0.05) is 0 Å². The van der Waals surface area contributed by atoms with Gasteiger partial charge in [0.2, 0.25) is 5.95 Å². The average molecular weight is 477 g/mol. The van der Waals surface area contributed by atoms with Crippen LogP contribution in [0.1, 0.15) is 55.6 Å². The molecule has 0 aliphatic heterocycles. The Morgan fingerprint density at radius 3 is 2.77 bits per heavy atom. The fourth-order valence-corrected chi connectivity index (χ4v) is 4.83. The molecule has 5 rings (SSSR count). The number of aliphatic hydroxyl groups excluding tert-OH is 1. The van der Waals surface area contributed by atoms with E-state index in [9.17, 15) is 5.11 Å². The molecule has 0 spiro atoms. The number of rotatable bonds is 8. The molecule has 1 atom stereocenters. The van der Waals surface area contributed by atoms with Gasteiger partial charge in [0.15, 0.2) is 0 Å². The van der Waals surface area contributed by atoms with Gasteiger partial charge in [0.05, 0.1) is 54.8 Å². The van der Waals surface area contributed by atoms with E-state index in [1.54, 1.807) is 19.5 Å². The summed E-state index contributed by atoms with van der Waals surface area (Å²) in [6.07, 6.45) is 12.6. The minimum Gasteiger partial charge on any atom is -0.393 e. The molecule has 2 N–H and O–H groups in total. The average Bonchev–Trinajstić information content (AvgIpc) is 3.44. The lowest BCUT2D eigenvalue weighted by Crippen LogP contribution is -2.23. The molecule has 0 unspecified atom stereocenters. The van der Waals surface area contributed by atoms with Crippen molar-refractivity contribution in [1.82, 2.24) is 34.3 Å². The Balaban J connectivity index is 1.49. The third kappa shape index (κ3) is 5.18. The van der Waals surface area contributed by atoms with Crippen LogP contribution >= 0.6 is 0 Å². The van der Waals surface area contributed by atoms with Crippen molar-refractivity contribution in [2.45, 2.75) is 64.1 Å². The summed E-state index contributed by atoms with van der Waals surface area (Å²) in [7, 11) is 1.68. The number of methoxy groups -OCH3 is 1. The molecule has 4 aromatic heterocycles. The number of nitrogens with zero attached hydrogens (tertiary/aromatic N) is 7. The van der Waals surface area contributed by atoms with Crippen LogP contribution in [0.15, 0.2) is 37.1 Å². The number of aromatic nitrogens is 7. The molecule has 1 aliphatic rings. The smallest absolute Gasteiger partial charge is 0.241 e. The normalized spacial score (nSPS) is 19.2. The van der Waals surface area contributed by atoms with Crippen LogP contribution in [0.5, 0.6) is 0 Å². The Bertz CT molecular complexity index is 1290. The summed E-state index contributed by atoms with van der Waals surface area (Å²) in [5, 5.41) is 22.8. The minimum atomic E-state index is -0.207. The second-order valence-electron chi connectivity index (χ2n) is 9.45. The number of nitrogens with one attached hydrogen (secondary N) is 1. The molecule has 1 saturated carbocycles. The lowest BCUT2D eigenvalue weighted by Gasteiger charge is -2.25. The lowest BCUT2D eigenvalue weighted by atomic mass is 9.85. The van der Waals surface area contributed by atoms with Crippen molar-refractivity contribution in [3.05, 3.63) is 54.1 Å². The van der Waals surface area contributed by atoms with E-state index in [-0.39, 0.29) is 12.1 Å². The Hall–Kier alpha value is -3.37. The van der Waals surface area contributed by atoms with E-state index in [4.69, 9.17) is 9.84 Å². The highest BCUT2D eigenvalue weighted by Gasteiger charge is 2.26. The number of aryl methyl sites for hydroxylation is 1. The fourth-order valence-electron chi connectivity index (χ4n) is 4.83. The highest BCUT2D eigenvalue weighted by Crippen LogP contribution is 2.37. The molecule has 4 heterocycles. The monoisotopic (exact) mass is 476 g/mol. The van der Waals surface area contributed by atoms with Gasteiger partial charge in [-0.25, -0.2) is 9.50 Å². The van der Waals surface area contributed by atoms with E-state index < -0.39 is 0 Å². The van der Waals surface area contributed by atoms with Crippen molar-refractivity contribution in [1.29, 1.82) is 0 Å². The van der Waals surface area contributed by atoms with E-state index in [2.05, 4.69) is 31.4 Å². The number of fused-ring (bicyclic) bond motifs is 1. The van der Waals surface area contributed by atoms with E-state index in [0.29, 0.717) is 25.0 Å². The van der Waals surface area contributed by atoms with Crippen molar-refractivity contribution in [2.24, 2.45) is 0 Å². The quantitative estimate of drug-likeness (QED) is 0.398. The van der Waals surface area contributed by atoms with E-state index in [0.717, 1.165) is 59.4 Å². The van der Waals surface area contributed by atoms with Crippen LogP contribution in [0.2, 0.25) is 0 Å². The molecule has 1 fully saturated rings. The van der Waals surface area contributed by atoms with Gasteiger partial charge in [0.25, 0.3) is 0 Å². The van der Waals surface area contributed by atoms with Crippen LogP contribution in [0.25, 0.3) is 16.6 Å². The van der Waals surface area contributed by atoms with Crippen molar-refractivity contribution in [3.63, 3.8) is 0 Å². The summed E-state index contributed by atoms with van der Waals surface area (Å²) in [5.41, 5.74) is 5.88. The summed E-state index contributed by atoms with van der Waals surface area (Å²) in [6.45, 7) is 5.09. The molecule has 0 amide bonds. The van der Waals surface area contributed by atoms with Gasteiger partial charge in [-0.05, 0) is 45.6 Å². The molecule has 0 bridgehead atoms. The largest absolute Gasteiger partial charge is 0.393 e. The Morgan fingerprint density at radius 2 is 2.00 bits per heavy atom. The van der Waals surface area contributed by atoms with E-state index in [1.165, 1.54) is 0 Å². The highest BCUT2D eigenvalue weighted by atomic mass is 16.5. The number of aliphatic hydroxyl groups is 1. The molecule has 10 nitrogen and oxygen atoms in total. The molecule has 0 saturated heterocycles. The molecule has 184 valence electrons. The molecule has 35 heavy (non-hydrogen) atoms. The zero-order chi connectivity index (χ0) is 24.4. The number of ether oxygens (including phenoxy) is 1. The maximum Gasteiger partial charge on any atom is 0.241 e. The Kier molecular flexibility index (Phi) is 6.74. The minimum absolute atomic E-state index is 0.0868. The van der Waals surface area contributed by atoms with Gasteiger partial charge in [-0.2, -0.15) is 5.10 Å². The number of anilines is 1. The summed E-state index contributed by atoms with van der Waals surface area (Å²) in [4.78, 5) is 13.4. The van der Waals surface area contributed by atoms with Crippen molar-refractivity contribution < 1.29 is 9.84 Å². The van der Waals surface area contributed by atoms with Crippen molar-refractivity contribution in [2.75, 3.05) is 19.0 Å². The van der Waals surface area contributed by atoms with Gasteiger partial charge in [0.1, 0.15) is 0 Å². The second-order valence-corrected chi connectivity index (χ2v) is 9.45. The number of hydrogen-bond acceptors (Lipinski definition) is 8. The first-order chi connectivity index (χ1) is 17.0. The predicted octanol–water partition coefficient (Wildman–Crippen LogP) is 3.20. The van der Waals surface area contributed by atoms with Gasteiger partial charge in [-0.3, -0.25) is 14.6 Å². The highest BCUT2D eigenvalue weighted by molar-refractivity contribution is 5.81. The summed E-state index contributed by atoms with van der Waals surface area (Å²) in [6, 6.07) is 2.30. The number of hydrogen-bond donors (Lipinski definition) is 2. The first-order valence-electron chi connectivity index (χ1n) is 12.1. The molecule has 4 aromatic rings. The standard InChI is InChI=1S/C25H32N8O2/c1-16-9-26-11-20(29-16)14-32-13-19(10-28-32)22-8-23(18-4-6-21(34)7-5-18)33-24(22)12-27-25(31-33)30-17(2)15-35-3/h8-13,17-18,21,34H,4-7,14-15H2,1-3H3,(H,30,31)/t17-,18?,21?/m0/s1. The molecular formula is C25H32N8O2. The van der Waals surface area contributed by atoms with Crippen LogP contribution < -0.4 is 5.32 Å². The molecule has 1 aliphatic carbocycles. The molecule has 0 aromatic carbocycles. The molecule has 0 radical (unpaired) electrons. The lowest BCUT2D eigenvalue weighted by molar-refractivity contribution is 0.121. The van der Waals surface area contributed by atoms with Gasteiger partial charge in [-0.15, -0.1) is 5.10 Å². The van der Waals surface area contributed by atoms with Gasteiger partial charge < -0.3 is 15.2 Å². The summed E-state index contributed by atoms with van der Waals surface area (Å²) < 4.78 is 9.13. The third-order valence-electron chi connectivity index (χ3n) is 6.53. The maximum atomic E-state index is 10.0. The van der Waals surface area contributed by atoms with Gasteiger partial charge >= 0.3 is 0 Å². The zero-order valence-corrected chi connectivity index (χ0v) is 20.4. The van der Waals surface area contributed by atoms with E-state index >= 15 is 0 Å². The zero-order valence-electron chi connectivity index (χ0n) is 20.4. The molecular weight excluding hydrogens is 444 g/mol. The summed E-state index contributed by atoms with van der Waals surface area (Å²) >= 11 is 0. The van der Waals surface area contributed by atoms with Crippen molar-refractivity contribution >= 4 is 11.5 Å². The van der Waals surface area contributed by atoms with Crippen molar-refractivity contribution in [3.8, 4) is 11.1 Å². The van der Waals surface area contributed by atoms with Crippen LogP contribution in [0.4, 0.5) is 5.95 Å². The van der Waals surface area contributed by atoms with Gasteiger partial charge in [0, 0.05) is 48.3 Å². The Labute approximate surface area is 204 Å². The third-order valence-corrected chi connectivity index (χ3v) is 6.53. The van der Waals surface area contributed by atoms with Crippen LogP contribution in [-0.4, -0.2) is 65.3 Å². The second kappa shape index (κ2) is 10.1. The van der Waals surface area contributed by atoms with Crippen LogP contribution in [-0.2, 0) is 11.3 Å². The van der Waals surface area contributed by atoms with E-state index in [1.807, 2.05) is 41.6 Å². The first-order valence-corrected chi connectivity index (χ1v) is 12.1. The first kappa shape index (κ1) is 23.4. The maximum absolute atomic E-state index is 10.0. The fraction of sp³-hybridized carbons (Fsp3) is 0.480. The predicted molar refractivity (Wildman–Crippen MR) is 132 cm³/mol. The Morgan fingerprint density at radius 1 is 1.17 bits per heavy atom. The van der Waals surface area contributed by atoms with Crippen LogP contribution in [0, 0.1) is 6.92 Å². The summed E-state index contributed by atoms with van der Waals surface area (Å²) in [5.74, 6) is 0.895.